The molecule has 3 N–H and O–H groups in total. The standard InChI is InChI=1S/C13H17N3O4/c14-4-6-19-9-12(17)15-10-2-1-3-11(8-10)16-5-7-20-13(16)18/h1-3,8H,4-7,9,14H2,(H,15,17). The first-order valence-corrected chi connectivity index (χ1v) is 6.33. The second-order valence-electron chi connectivity index (χ2n) is 4.21. The van der Waals surface area contributed by atoms with Crippen molar-refractivity contribution in [3.8, 4) is 0 Å². The smallest absolute Gasteiger partial charge is 0.414 e. The molecule has 0 saturated carbocycles. The van der Waals surface area contributed by atoms with Gasteiger partial charge >= 0.3 is 6.09 Å². The van der Waals surface area contributed by atoms with Crippen LogP contribution in [0, 0.1) is 0 Å². The fourth-order valence-corrected chi connectivity index (χ4v) is 1.82. The van der Waals surface area contributed by atoms with Crippen LogP contribution in [-0.4, -0.2) is 44.9 Å². The summed E-state index contributed by atoms with van der Waals surface area (Å²) in [5, 5.41) is 2.70. The van der Waals surface area contributed by atoms with Gasteiger partial charge in [0, 0.05) is 17.9 Å². The van der Waals surface area contributed by atoms with Gasteiger partial charge in [-0.15, -0.1) is 0 Å². The number of nitrogens with one attached hydrogen (secondary N) is 1. The average Bonchev–Trinajstić information content (AvgIpc) is 2.85. The van der Waals surface area contributed by atoms with Gasteiger partial charge < -0.3 is 20.5 Å². The van der Waals surface area contributed by atoms with Gasteiger partial charge in [0.05, 0.1) is 13.2 Å². The van der Waals surface area contributed by atoms with Crippen LogP contribution in [0.5, 0.6) is 0 Å². The molecule has 2 rings (SSSR count). The molecule has 0 aromatic heterocycles. The molecular weight excluding hydrogens is 262 g/mol. The quantitative estimate of drug-likeness (QED) is 0.742. The van der Waals surface area contributed by atoms with E-state index < -0.39 is 0 Å². The Labute approximate surface area is 116 Å². The van der Waals surface area contributed by atoms with Crippen LogP contribution in [0.1, 0.15) is 0 Å². The van der Waals surface area contributed by atoms with Crippen LogP contribution in [-0.2, 0) is 14.3 Å². The van der Waals surface area contributed by atoms with E-state index in [9.17, 15) is 9.59 Å². The third-order valence-corrected chi connectivity index (χ3v) is 2.70. The highest BCUT2D eigenvalue weighted by atomic mass is 16.6. The lowest BCUT2D eigenvalue weighted by Gasteiger charge is -2.14. The predicted octanol–water partition coefficient (Wildman–Crippen LogP) is 0.557. The molecule has 2 amide bonds. The number of ether oxygens (including phenoxy) is 2. The molecule has 1 saturated heterocycles. The van der Waals surface area contributed by atoms with Crippen LogP contribution >= 0.6 is 0 Å². The zero-order valence-corrected chi connectivity index (χ0v) is 11.0. The molecule has 1 heterocycles. The number of anilines is 2. The molecule has 1 aromatic carbocycles. The van der Waals surface area contributed by atoms with Crippen molar-refractivity contribution >= 4 is 23.4 Å². The van der Waals surface area contributed by atoms with Gasteiger partial charge in [-0.1, -0.05) is 6.07 Å². The lowest BCUT2D eigenvalue weighted by Crippen LogP contribution is -2.24. The fourth-order valence-electron chi connectivity index (χ4n) is 1.82. The second kappa shape index (κ2) is 6.88. The number of rotatable bonds is 6. The van der Waals surface area contributed by atoms with Crippen LogP contribution in [0.25, 0.3) is 0 Å². The van der Waals surface area contributed by atoms with Gasteiger partial charge in [0.1, 0.15) is 13.2 Å². The molecular formula is C13H17N3O4. The van der Waals surface area contributed by atoms with E-state index in [1.165, 1.54) is 4.90 Å². The predicted molar refractivity (Wildman–Crippen MR) is 73.6 cm³/mol. The van der Waals surface area contributed by atoms with Crippen molar-refractivity contribution in [2.45, 2.75) is 0 Å². The Kier molecular flexibility index (Phi) is 4.91. The minimum Gasteiger partial charge on any atom is -0.447 e. The Morgan fingerprint density at radius 3 is 3.05 bits per heavy atom. The molecule has 1 aromatic rings. The van der Waals surface area contributed by atoms with E-state index in [0.29, 0.717) is 37.7 Å². The van der Waals surface area contributed by atoms with Gasteiger partial charge in [0.2, 0.25) is 5.91 Å². The molecule has 20 heavy (non-hydrogen) atoms. The average molecular weight is 279 g/mol. The van der Waals surface area contributed by atoms with Gasteiger partial charge in [-0.2, -0.15) is 0 Å². The van der Waals surface area contributed by atoms with Crippen LogP contribution < -0.4 is 16.0 Å². The highest BCUT2D eigenvalue weighted by molar-refractivity contribution is 5.94. The van der Waals surface area contributed by atoms with Crippen LogP contribution in [0.4, 0.5) is 16.2 Å². The molecule has 1 aliphatic rings. The summed E-state index contributed by atoms with van der Waals surface area (Å²) in [5.41, 5.74) is 6.55. The Hall–Kier alpha value is -2.12. The molecule has 0 spiro atoms. The van der Waals surface area contributed by atoms with Crippen molar-refractivity contribution < 1.29 is 19.1 Å². The number of benzene rings is 1. The van der Waals surface area contributed by atoms with E-state index >= 15 is 0 Å². The Morgan fingerprint density at radius 1 is 1.50 bits per heavy atom. The van der Waals surface area contributed by atoms with Crippen molar-refractivity contribution in [1.29, 1.82) is 0 Å². The molecule has 1 aliphatic heterocycles. The van der Waals surface area contributed by atoms with Crippen molar-refractivity contribution in [3.63, 3.8) is 0 Å². The summed E-state index contributed by atoms with van der Waals surface area (Å²) in [6, 6.07) is 7.00. The van der Waals surface area contributed by atoms with Gasteiger partial charge in [-0.25, -0.2) is 4.79 Å². The van der Waals surface area contributed by atoms with Gasteiger partial charge in [-0.3, -0.25) is 9.69 Å². The molecule has 0 aliphatic carbocycles. The van der Waals surface area contributed by atoms with Crippen LogP contribution in [0.15, 0.2) is 24.3 Å². The first-order chi connectivity index (χ1) is 9.70. The number of nitrogens with two attached hydrogens (primary N) is 1. The van der Waals surface area contributed by atoms with Crippen molar-refractivity contribution in [2.75, 3.05) is 43.1 Å². The summed E-state index contributed by atoms with van der Waals surface area (Å²) in [4.78, 5) is 24.6. The first kappa shape index (κ1) is 14.3. The maximum atomic E-state index is 11.6. The topological polar surface area (TPSA) is 93.9 Å². The van der Waals surface area contributed by atoms with Crippen molar-refractivity contribution in [3.05, 3.63) is 24.3 Å². The van der Waals surface area contributed by atoms with E-state index in [2.05, 4.69) is 5.32 Å². The number of hydrogen-bond donors (Lipinski definition) is 2. The molecule has 0 atom stereocenters. The molecule has 0 radical (unpaired) electrons. The monoisotopic (exact) mass is 279 g/mol. The fraction of sp³-hybridized carbons (Fsp3) is 0.385. The summed E-state index contributed by atoms with van der Waals surface area (Å²) in [7, 11) is 0. The van der Waals surface area contributed by atoms with E-state index in [4.69, 9.17) is 15.2 Å². The molecule has 1 fully saturated rings. The maximum absolute atomic E-state index is 11.6. The Balaban J connectivity index is 1.95. The van der Waals surface area contributed by atoms with E-state index in [-0.39, 0.29) is 18.6 Å². The van der Waals surface area contributed by atoms with Crippen LogP contribution in [0.2, 0.25) is 0 Å². The molecule has 7 heteroatoms. The second-order valence-corrected chi connectivity index (χ2v) is 4.21. The summed E-state index contributed by atoms with van der Waals surface area (Å²) in [5.74, 6) is -0.264. The van der Waals surface area contributed by atoms with Crippen LogP contribution in [0.3, 0.4) is 0 Å². The Bertz CT molecular complexity index is 492. The number of hydrogen-bond acceptors (Lipinski definition) is 5. The zero-order valence-electron chi connectivity index (χ0n) is 11.0. The minimum atomic E-state index is -0.375. The van der Waals surface area contributed by atoms with Crippen molar-refractivity contribution in [2.24, 2.45) is 5.73 Å². The van der Waals surface area contributed by atoms with Gasteiger partial charge in [0.25, 0.3) is 0 Å². The van der Waals surface area contributed by atoms with E-state index in [0.717, 1.165) is 0 Å². The normalized spacial score (nSPS) is 14.2. The zero-order chi connectivity index (χ0) is 14.4. The van der Waals surface area contributed by atoms with E-state index in [1.807, 2.05) is 0 Å². The number of amides is 2. The lowest BCUT2D eigenvalue weighted by molar-refractivity contribution is -0.120. The molecule has 0 unspecified atom stereocenters. The summed E-state index contributed by atoms with van der Waals surface area (Å²) in [6.45, 7) is 1.55. The van der Waals surface area contributed by atoms with Crippen molar-refractivity contribution in [1.82, 2.24) is 0 Å². The minimum absolute atomic E-state index is 0.0484. The highest BCUT2D eigenvalue weighted by Crippen LogP contribution is 2.22. The van der Waals surface area contributed by atoms with Gasteiger partial charge in [-0.05, 0) is 18.2 Å². The SMILES string of the molecule is NCCOCC(=O)Nc1cccc(N2CCOC2=O)c1. The van der Waals surface area contributed by atoms with E-state index in [1.54, 1.807) is 24.3 Å². The molecule has 108 valence electrons. The summed E-state index contributed by atoms with van der Waals surface area (Å²) < 4.78 is 9.92. The number of carbonyl (C=O) groups is 2. The van der Waals surface area contributed by atoms with Gasteiger partial charge in [0.15, 0.2) is 0 Å². The summed E-state index contributed by atoms with van der Waals surface area (Å²) in [6.07, 6.45) is -0.375. The highest BCUT2D eigenvalue weighted by Gasteiger charge is 2.23. The lowest BCUT2D eigenvalue weighted by atomic mass is 10.2. The molecule has 0 bridgehead atoms. The number of carbonyl (C=O) groups excluding carboxylic acids is 2. The maximum Gasteiger partial charge on any atom is 0.414 e. The third-order valence-electron chi connectivity index (χ3n) is 2.70. The third kappa shape index (κ3) is 3.69. The summed E-state index contributed by atoms with van der Waals surface area (Å²) >= 11 is 0. The number of cyclic esters (lactones) is 1. The largest absolute Gasteiger partial charge is 0.447 e. The molecule has 7 nitrogen and oxygen atoms in total. The Morgan fingerprint density at radius 2 is 2.35 bits per heavy atom. The number of nitrogens with zero attached hydrogens (tertiary/aromatic N) is 1. The first-order valence-electron chi connectivity index (χ1n) is 6.33.